The van der Waals surface area contributed by atoms with Crippen molar-refractivity contribution in [2.75, 3.05) is 26.1 Å². The predicted molar refractivity (Wildman–Crippen MR) is 101 cm³/mol. The molecule has 26 heavy (non-hydrogen) atoms. The lowest BCUT2D eigenvalue weighted by Crippen LogP contribution is -2.36. The van der Waals surface area contributed by atoms with Gasteiger partial charge in [0.25, 0.3) is 5.91 Å². The van der Waals surface area contributed by atoms with Crippen LogP contribution in [-0.4, -0.2) is 42.6 Å². The van der Waals surface area contributed by atoms with Gasteiger partial charge in [0.2, 0.25) is 0 Å². The number of amides is 1. The summed E-state index contributed by atoms with van der Waals surface area (Å²) in [5.41, 5.74) is 3.74. The Labute approximate surface area is 154 Å². The molecule has 0 radical (unpaired) electrons. The molecule has 0 bridgehead atoms. The van der Waals surface area contributed by atoms with E-state index in [2.05, 4.69) is 24.1 Å². The molecule has 1 N–H and O–H groups in total. The quantitative estimate of drug-likeness (QED) is 0.893. The van der Waals surface area contributed by atoms with E-state index in [0.717, 1.165) is 23.4 Å². The van der Waals surface area contributed by atoms with Gasteiger partial charge in [-0.2, -0.15) is 0 Å². The zero-order valence-corrected chi connectivity index (χ0v) is 15.7. The maximum absolute atomic E-state index is 12.9. The third kappa shape index (κ3) is 3.74. The van der Waals surface area contributed by atoms with Crippen molar-refractivity contribution in [1.29, 1.82) is 0 Å². The van der Waals surface area contributed by atoms with E-state index in [0.29, 0.717) is 24.4 Å². The predicted octanol–water partition coefficient (Wildman–Crippen LogP) is 3.12. The van der Waals surface area contributed by atoms with Crippen LogP contribution in [0.15, 0.2) is 30.6 Å². The van der Waals surface area contributed by atoms with Gasteiger partial charge in [-0.1, -0.05) is 0 Å². The van der Waals surface area contributed by atoms with E-state index in [-0.39, 0.29) is 11.9 Å². The number of rotatable bonds is 5. The molecule has 0 unspecified atom stereocenters. The van der Waals surface area contributed by atoms with Crippen LogP contribution >= 0.6 is 0 Å². The highest BCUT2D eigenvalue weighted by Crippen LogP contribution is 2.33. The van der Waals surface area contributed by atoms with Crippen LogP contribution in [0.5, 0.6) is 11.5 Å². The molecule has 0 aliphatic carbocycles. The van der Waals surface area contributed by atoms with Crippen LogP contribution in [0.2, 0.25) is 0 Å². The number of ether oxygens (including phenoxy) is 2. The second-order valence-corrected chi connectivity index (χ2v) is 6.71. The van der Waals surface area contributed by atoms with E-state index < -0.39 is 0 Å². The van der Waals surface area contributed by atoms with Crippen molar-refractivity contribution < 1.29 is 14.3 Å². The van der Waals surface area contributed by atoms with Gasteiger partial charge in [-0.25, -0.2) is 0 Å². The normalized spacial score (nSPS) is 13.3. The Morgan fingerprint density at radius 2 is 1.81 bits per heavy atom. The summed E-state index contributed by atoms with van der Waals surface area (Å²) < 4.78 is 10.8. The summed E-state index contributed by atoms with van der Waals surface area (Å²) in [4.78, 5) is 19.0. The van der Waals surface area contributed by atoms with Gasteiger partial charge >= 0.3 is 0 Å². The molecule has 1 amide bonds. The van der Waals surface area contributed by atoms with Crippen LogP contribution in [0.3, 0.4) is 0 Å². The monoisotopic (exact) mass is 355 g/mol. The molecule has 1 aromatic carbocycles. The highest BCUT2D eigenvalue weighted by atomic mass is 16.5. The van der Waals surface area contributed by atoms with Crippen LogP contribution in [-0.2, 0) is 13.0 Å². The van der Waals surface area contributed by atoms with E-state index in [4.69, 9.17) is 9.47 Å². The number of anilines is 1. The Bertz CT molecular complexity index is 805. The summed E-state index contributed by atoms with van der Waals surface area (Å²) in [5, 5.41) is 3.28. The van der Waals surface area contributed by atoms with Crippen molar-refractivity contribution in [2.24, 2.45) is 0 Å². The Morgan fingerprint density at radius 3 is 2.46 bits per heavy atom. The lowest BCUT2D eigenvalue weighted by atomic mass is 9.98. The molecule has 1 aliphatic rings. The number of methoxy groups -OCH3 is 2. The van der Waals surface area contributed by atoms with Gasteiger partial charge in [0.15, 0.2) is 11.5 Å². The Kier molecular flexibility index (Phi) is 5.30. The molecule has 0 spiro atoms. The molecular weight excluding hydrogens is 330 g/mol. The fourth-order valence-electron chi connectivity index (χ4n) is 3.21. The van der Waals surface area contributed by atoms with E-state index in [1.807, 2.05) is 23.1 Å². The minimum atomic E-state index is -0.00894. The lowest BCUT2D eigenvalue weighted by molar-refractivity contribution is 0.0734. The lowest BCUT2D eigenvalue weighted by Gasteiger charge is -2.29. The molecule has 0 atom stereocenters. The largest absolute Gasteiger partial charge is 0.493 e. The summed E-state index contributed by atoms with van der Waals surface area (Å²) in [5.74, 6) is 1.40. The summed E-state index contributed by atoms with van der Waals surface area (Å²) in [7, 11) is 3.25. The summed E-state index contributed by atoms with van der Waals surface area (Å²) in [6, 6.07) is 6.11. The second-order valence-electron chi connectivity index (χ2n) is 6.71. The first kappa shape index (κ1) is 18.0. The number of hydrogen-bond donors (Lipinski definition) is 1. The van der Waals surface area contributed by atoms with Gasteiger partial charge in [-0.05, 0) is 49.6 Å². The van der Waals surface area contributed by atoms with Crippen molar-refractivity contribution >= 4 is 11.6 Å². The molecule has 6 nitrogen and oxygen atoms in total. The molecule has 138 valence electrons. The van der Waals surface area contributed by atoms with Crippen LogP contribution in [0.4, 0.5) is 5.69 Å². The van der Waals surface area contributed by atoms with Gasteiger partial charge in [0.05, 0.1) is 25.5 Å². The van der Waals surface area contributed by atoms with E-state index in [1.54, 1.807) is 26.6 Å². The summed E-state index contributed by atoms with van der Waals surface area (Å²) in [6.07, 6.45) is 4.15. The second kappa shape index (κ2) is 7.64. The number of pyridine rings is 1. The molecule has 6 heteroatoms. The summed E-state index contributed by atoms with van der Waals surface area (Å²) in [6.45, 7) is 5.33. The number of fused-ring (bicyclic) bond motifs is 1. The van der Waals surface area contributed by atoms with Gasteiger partial charge in [0.1, 0.15) is 0 Å². The van der Waals surface area contributed by atoms with Crippen LogP contribution in [0.1, 0.15) is 35.3 Å². The number of nitrogens with zero attached hydrogens (tertiary/aromatic N) is 2. The minimum Gasteiger partial charge on any atom is -0.493 e. The number of benzene rings is 1. The topological polar surface area (TPSA) is 63.7 Å². The standard InChI is InChI=1S/C20H25N3O3/c1-13(2)22-17-7-15(10-21-11-17)20(24)23-6-5-14-8-18(25-3)19(26-4)9-16(14)12-23/h7-11,13,22H,5-6,12H2,1-4H3. The van der Waals surface area contributed by atoms with Crippen LogP contribution < -0.4 is 14.8 Å². The van der Waals surface area contributed by atoms with Gasteiger partial charge in [0, 0.05) is 31.5 Å². The van der Waals surface area contributed by atoms with E-state index >= 15 is 0 Å². The number of nitrogens with one attached hydrogen (secondary N) is 1. The smallest absolute Gasteiger partial charge is 0.255 e. The average molecular weight is 355 g/mol. The molecule has 3 rings (SSSR count). The highest BCUT2D eigenvalue weighted by molar-refractivity contribution is 5.95. The first-order valence-electron chi connectivity index (χ1n) is 8.76. The third-order valence-corrected chi connectivity index (χ3v) is 4.45. The molecule has 2 aromatic rings. The molecule has 1 aromatic heterocycles. The fraction of sp³-hybridized carbons (Fsp3) is 0.400. The van der Waals surface area contributed by atoms with Crippen LogP contribution in [0, 0.1) is 0 Å². The number of aromatic nitrogens is 1. The maximum atomic E-state index is 12.9. The van der Waals surface area contributed by atoms with Crippen molar-refractivity contribution in [3.63, 3.8) is 0 Å². The summed E-state index contributed by atoms with van der Waals surface area (Å²) >= 11 is 0. The Hall–Kier alpha value is -2.76. The van der Waals surface area contributed by atoms with Crippen molar-refractivity contribution in [3.05, 3.63) is 47.3 Å². The van der Waals surface area contributed by atoms with Crippen molar-refractivity contribution in [2.45, 2.75) is 32.9 Å². The minimum absolute atomic E-state index is 0.00894. The molecular formula is C20H25N3O3. The third-order valence-electron chi connectivity index (χ3n) is 4.45. The van der Waals surface area contributed by atoms with Gasteiger partial charge in [-0.15, -0.1) is 0 Å². The molecule has 0 saturated heterocycles. The number of carbonyl (C=O) groups is 1. The number of hydrogen-bond acceptors (Lipinski definition) is 5. The molecule has 0 fully saturated rings. The van der Waals surface area contributed by atoms with Crippen LogP contribution in [0.25, 0.3) is 0 Å². The van der Waals surface area contributed by atoms with Gasteiger partial charge < -0.3 is 19.7 Å². The maximum Gasteiger partial charge on any atom is 0.255 e. The number of carbonyl (C=O) groups excluding carboxylic acids is 1. The fourth-order valence-corrected chi connectivity index (χ4v) is 3.21. The molecule has 2 heterocycles. The first-order valence-corrected chi connectivity index (χ1v) is 8.76. The molecule has 1 aliphatic heterocycles. The zero-order valence-electron chi connectivity index (χ0n) is 15.7. The first-order chi connectivity index (χ1) is 12.5. The van der Waals surface area contributed by atoms with Gasteiger partial charge in [-0.3, -0.25) is 9.78 Å². The van der Waals surface area contributed by atoms with Crippen molar-refractivity contribution in [1.82, 2.24) is 9.88 Å². The van der Waals surface area contributed by atoms with Crippen molar-refractivity contribution in [3.8, 4) is 11.5 Å². The highest BCUT2D eigenvalue weighted by Gasteiger charge is 2.24. The Balaban J connectivity index is 1.81. The SMILES string of the molecule is COc1cc2c(cc1OC)CN(C(=O)c1cncc(NC(C)C)c1)CC2. The zero-order chi connectivity index (χ0) is 18.7. The molecule has 0 saturated carbocycles. The van der Waals surface area contributed by atoms with E-state index in [1.165, 1.54) is 5.56 Å². The Morgan fingerprint density at radius 1 is 1.12 bits per heavy atom. The average Bonchev–Trinajstić information content (AvgIpc) is 2.65. The van der Waals surface area contributed by atoms with E-state index in [9.17, 15) is 4.79 Å².